The first-order chi connectivity index (χ1) is 24.1. The van der Waals surface area contributed by atoms with Crippen LogP contribution in [0.15, 0.2) is 60.9 Å². The Balaban J connectivity index is 0.000000145. The zero-order chi connectivity index (χ0) is 33.2. The summed E-state index contributed by atoms with van der Waals surface area (Å²) in [5, 5.41) is 2.28. The lowest BCUT2D eigenvalue weighted by Gasteiger charge is -2.38. The van der Waals surface area contributed by atoms with Crippen LogP contribution in [0.5, 0.6) is 0 Å². The highest BCUT2D eigenvalue weighted by molar-refractivity contribution is 5.99. The first-order valence-corrected chi connectivity index (χ1v) is 19.0. The minimum atomic E-state index is 0.175. The van der Waals surface area contributed by atoms with Crippen molar-refractivity contribution in [1.82, 2.24) is 34.1 Å². The van der Waals surface area contributed by atoms with E-state index in [-0.39, 0.29) is 11.8 Å². The molecule has 9 rings (SSSR count). The number of carbonyl (C=O) groups excluding carboxylic acids is 2. The molecule has 0 atom stereocenters. The minimum Gasteiger partial charge on any atom is -0.361 e. The summed E-state index contributed by atoms with van der Waals surface area (Å²) in [5.41, 5.74) is 3.96. The summed E-state index contributed by atoms with van der Waals surface area (Å²) >= 11 is 0. The van der Waals surface area contributed by atoms with Gasteiger partial charge in [0, 0.05) is 136 Å². The third-order valence-electron chi connectivity index (χ3n) is 11.9. The standard InChI is InChI=1S/C22H30N4O.C18H23N3O/c27-22(26-15-13-24(14-16-26)20-3-1-2-4-20)19-5-6-21-18(17-19)7-8-25(21)12-11-23-9-10-23;22-18(15-5-6-17-14(13-15)7-8-19-17)21-11-9-20(10-12-21)16-3-1-2-4-16/h5-8,17,20H,1-4,9-16H2;5-8,13,16,19H,1-4,9-12H2. The number of H-pyrrole nitrogens is 1. The fourth-order valence-electron chi connectivity index (χ4n) is 8.74. The molecule has 3 aliphatic heterocycles. The molecule has 0 radical (unpaired) electrons. The van der Waals surface area contributed by atoms with Gasteiger partial charge in [0.05, 0.1) is 0 Å². The third-order valence-corrected chi connectivity index (χ3v) is 11.9. The molecule has 0 bridgehead atoms. The molecule has 260 valence electrons. The molecule has 2 aromatic carbocycles. The Morgan fingerprint density at radius 2 is 1.14 bits per heavy atom. The van der Waals surface area contributed by atoms with Gasteiger partial charge >= 0.3 is 0 Å². The molecular formula is C40H53N7O2. The Labute approximate surface area is 290 Å². The summed E-state index contributed by atoms with van der Waals surface area (Å²) in [5.74, 6) is 0.369. The van der Waals surface area contributed by atoms with Crippen LogP contribution in [0.3, 0.4) is 0 Å². The number of amides is 2. The van der Waals surface area contributed by atoms with Gasteiger partial charge in [-0.15, -0.1) is 0 Å². The van der Waals surface area contributed by atoms with E-state index in [0.717, 1.165) is 99.6 Å². The lowest BCUT2D eigenvalue weighted by Crippen LogP contribution is -2.51. The number of benzene rings is 2. The number of fused-ring (bicyclic) bond motifs is 2. The van der Waals surface area contributed by atoms with E-state index in [1.165, 1.54) is 75.4 Å². The molecule has 5 fully saturated rings. The van der Waals surface area contributed by atoms with Gasteiger partial charge in [0.2, 0.25) is 0 Å². The quantitative estimate of drug-likeness (QED) is 0.264. The van der Waals surface area contributed by atoms with Gasteiger partial charge < -0.3 is 19.4 Å². The van der Waals surface area contributed by atoms with Crippen molar-refractivity contribution in [3.63, 3.8) is 0 Å². The second-order valence-electron chi connectivity index (χ2n) is 14.9. The maximum Gasteiger partial charge on any atom is 0.253 e. The van der Waals surface area contributed by atoms with Gasteiger partial charge in [0.25, 0.3) is 11.8 Å². The summed E-state index contributed by atoms with van der Waals surface area (Å²) in [7, 11) is 0. The molecule has 0 spiro atoms. The lowest BCUT2D eigenvalue weighted by molar-refractivity contribution is 0.0568. The number of carbonyl (C=O) groups is 2. The van der Waals surface area contributed by atoms with Crippen LogP contribution < -0.4 is 0 Å². The fourth-order valence-corrected chi connectivity index (χ4v) is 8.74. The summed E-state index contributed by atoms with van der Waals surface area (Å²) < 4.78 is 2.31. The maximum atomic E-state index is 13.0. The van der Waals surface area contributed by atoms with Gasteiger partial charge in [0.1, 0.15) is 0 Å². The molecule has 4 aromatic rings. The van der Waals surface area contributed by atoms with Crippen molar-refractivity contribution < 1.29 is 9.59 Å². The molecule has 5 aliphatic rings. The first kappa shape index (κ1) is 32.5. The van der Waals surface area contributed by atoms with Crippen LogP contribution in [0.1, 0.15) is 72.1 Å². The van der Waals surface area contributed by atoms with Crippen LogP contribution in [0.2, 0.25) is 0 Å². The van der Waals surface area contributed by atoms with E-state index < -0.39 is 0 Å². The van der Waals surface area contributed by atoms with E-state index in [1.807, 2.05) is 46.3 Å². The van der Waals surface area contributed by atoms with Crippen LogP contribution in [0.4, 0.5) is 0 Å². The zero-order valence-electron chi connectivity index (χ0n) is 29.1. The van der Waals surface area contributed by atoms with Gasteiger partial charge in [-0.2, -0.15) is 0 Å². The van der Waals surface area contributed by atoms with Crippen molar-refractivity contribution in [2.45, 2.75) is 70.0 Å². The number of aromatic amines is 1. The Morgan fingerprint density at radius 3 is 1.71 bits per heavy atom. The second kappa shape index (κ2) is 14.7. The van der Waals surface area contributed by atoms with Gasteiger partial charge in [-0.1, -0.05) is 25.7 Å². The van der Waals surface area contributed by atoms with E-state index in [1.54, 1.807) is 0 Å². The summed E-state index contributed by atoms with van der Waals surface area (Å²) in [6, 6.07) is 17.9. The van der Waals surface area contributed by atoms with Gasteiger partial charge in [0.15, 0.2) is 0 Å². The SMILES string of the molecule is O=C(c1ccc2[nH]ccc2c1)N1CCN(C2CCCC2)CC1.O=C(c1ccc2c(ccn2CCN2CC2)c1)N1CCN(C2CCCC2)CC1. The molecule has 2 aromatic heterocycles. The van der Waals surface area contributed by atoms with Crippen molar-refractivity contribution in [1.29, 1.82) is 0 Å². The third kappa shape index (κ3) is 7.44. The first-order valence-electron chi connectivity index (χ1n) is 19.0. The Hall–Kier alpha value is -3.66. The van der Waals surface area contributed by atoms with Crippen molar-refractivity contribution in [2.75, 3.05) is 72.0 Å². The molecule has 9 heteroatoms. The van der Waals surface area contributed by atoms with Crippen molar-refractivity contribution in [3.05, 3.63) is 72.1 Å². The van der Waals surface area contributed by atoms with E-state index in [4.69, 9.17) is 0 Å². The molecule has 3 saturated heterocycles. The lowest BCUT2D eigenvalue weighted by atomic mass is 10.1. The van der Waals surface area contributed by atoms with Crippen molar-refractivity contribution in [2.24, 2.45) is 0 Å². The van der Waals surface area contributed by atoms with Crippen molar-refractivity contribution in [3.8, 4) is 0 Å². The topological polar surface area (TPSA) is 70.8 Å². The van der Waals surface area contributed by atoms with Crippen LogP contribution in [-0.2, 0) is 6.54 Å². The average molecular weight is 664 g/mol. The molecule has 2 amide bonds. The highest BCUT2D eigenvalue weighted by atomic mass is 16.2. The predicted molar refractivity (Wildman–Crippen MR) is 196 cm³/mol. The molecule has 5 heterocycles. The minimum absolute atomic E-state index is 0.175. The zero-order valence-corrected chi connectivity index (χ0v) is 29.1. The number of nitrogens with zero attached hydrogens (tertiary/aromatic N) is 6. The van der Waals surface area contributed by atoms with Crippen LogP contribution in [-0.4, -0.2) is 130 Å². The molecular weight excluding hydrogens is 610 g/mol. The van der Waals surface area contributed by atoms with E-state index in [2.05, 4.69) is 48.6 Å². The highest BCUT2D eigenvalue weighted by Crippen LogP contribution is 2.27. The number of nitrogens with one attached hydrogen (secondary N) is 1. The van der Waals surface area contributed by atoms with Gasteiger partial charge in [-0.05, 0) is 74.2 Å². The smallest absolute Gasteiger partial charge is 0.253 e. The molecule has 49 heavy (non-hydrogen) atoms. The van der Waals surface area contributed by atoms with Gasteiger partial charge in [-0.3, -0.25) is 24.3 Å². The highest BCUT2D eigenvalue weighted by Gasteiger charge is 2.30. The predicted octanol–water partition coefficient (Wildman–Crippen LogP) is 5.53. The molecule has 9 nitrogen and oxygen atoms in total. The second-order valence-corrected chi connectivity index (χ2v) is 14.9. The Bertz CT molecular complexity index is 1730. The van der Waals surface area contributed by atoms with E-state index in [9.17, 15) is 9.59 Å². The summed E-state index contributed by atoms with van der Waals surface area (Å²) in [6.45, 7) is 12.2. The number of hydrogen-bond acceptors (Lipinski definition) is 5. The summed E-state index contributed by atoms with van der Waals surface area (Å²) in [4.78, 5) is 40.6. The largest absolute Gasteiger partial charge is 0.361 e. The molecule has 1 N–H and O–H groups in total. The summed E-state index contributed by atoms with van der Waals surface area (Å²) in [6.07, 6.45) is 15.0. The Kier molecular flexibility index (Phi) is 9.74. The molecule has 2 saturated carbocycles. The fraction of sp³-hybridized carbons (Fsp3) is 0.550. The number of aromatic nitrogens is 2. The monoisotopic (exact) mass is 663 g/mol. The molecule has 2 aliphatic carbocycles. The van der Waals surface area contributed by atoms with E-state index in [0.29, 0.717) is 0 Å². The average Bonchev–Trinajstić information content (AvgIpc) is 3.67. The van der Waals surface area contributed by atoms with Gasteiger partial charge in [-0.25, -0.2) is 0 Å². The van der Waals surface area contributed by atoms with Crippen molar-refractivity contribution >= 4 is 33.6 Å². The Morgan fingerprint density at radius 1 is 0.592 bits per heavy atom. The van der Waals surface area contributed by atoms with E-state index >= 15 is 0 Å². The number of hydrogen-bond donors (Lipinski definition) is 1. The molecule has 0 unspecified atom stereocenters. The van der Waals surface area contributed by atoms with Crippen LogP contribution in [0, 0.1) is 0 Å². The van der Waals surface area contributed by atoms with Crippen LogP contribution >= 0.6 is 0 Å². The normalized spacial score (nSPS) is 21.5. The maximum absolute atomic E-state index is 13.0. The van der Waals surface area contributed by atoms with Crippen LogP contribution in [0.25, 0.3) is 21.8 Å². The number of piperazine rings is 2. The number of rotatable bonds is 7.